The highest BCUT2D eigenvalue weighted by atomic mass is 19.4. The zero-order valence-electron chi connectivity index (χ0n) is 8.35. The third kappa shape index (κ3) is 3.10. The van der Waals surface area contributed by atoms with Crippen LogP contribution in [-0.2, 0) is 14.3 Å². The van der Waals surface area contributed by atoms with Crippen LogP contribution in [0, 0.1) is 0 Å². The molecule has 0 atom stereocenters. The SMILES string of the molecule is CCC(CC)(OC(=O)C(F)(F)F)C(N)=O. The topological polar surface area (TPSA) is 69.4 Å². The van der Waals surface area contributed by atoms with E-state index in [1.54, 1.807) is 0 Å². The third-order valence-corrected chi connectivity index (χ3v) is 2.11. The van der Waals surface area contributed by atoms with Crippen LogP contribution in [-0.4, -0.2) is 23.7 Å². The summed E-state index contributed by atoms with van der Waals surface area (Å²) in [6, 6.07) is 0. The van der Waals surface area contributed by atoms with Crippen LogP contribution in [0.3, 0.4) is 0 Å². The van der Waals surface area contributed by atoms with Crippen molar-refractivity contribution >= 4 is 11.9 Å². The Labute approximate surface area is 84.6 Å². The Hall–Kier alpha value is -1.27. The summed E-state index contributed by atoms with van der Waals surface area (Å²) < 4.78 is 39.8. The van der Waals surface area contributed by atoms with Crippen molar-refractivity contribution in [1.29, 1.82) is 0 Å². The molecule has 0 heterocycles. The highest BCUT2D eigenvalue weighted by Crippen LogP contribution is 2.25. The Kier molecular flexibility index (Phi) is 4.12. The van der Waals surface area contributed by atoms with Gasteiger partial charge in [-0.3, -0.25) is 4.79 Å². The van der Waals surface area contributed by atoms with Crippen molar-refractivity contribution in [2.75, 3.05) is 0 Å². The van der Waals surface area contributed by atoms with Crippen molar-refractivity contribution < 1.29 is 27.5 Å². The lowest BCUT2D eigenvalue weighted by Crippen LogP contribution is -2.49. The Morgan fingerprint density at radius 1 is 1.20 bits per heavy atom. The second-order valence-corrected chi connectivity index (χ2v) is 2.95. The van der Waals surface area contributed by atoms with Crippen LogP contribution in [0.5, 0.6) is 0 Å². The third-order valence-electron chi connectivity index (χ3n) is 2.11. The first-order valence-electron chi connectivity index (χ1n) is 4.29. The highest BCUT2D eigenvalue weighted by molar-refractivity contribution is 5.87. The van der Waals surface area contributed by atoms with Gasteiger partial charge in [-0.15, -0.1) is 0 Å². The summed E-state index contributed by atoms with van der Waals surface area (Å²) in [7, 11) is 0. The van der Waals surface area contributed by atoms with Gasteiger partial charge >= 0.3 is 12.1 Å². The van der Waals surface area contributed by atoms with Gasteiger partial charge in [0.1, 0.15) is 0 Å². The van der Waals surface area contributed by atoms with Gasteiger partial charge in [-0.05, 0) is 12.8 Å². The molecule has 1 amide bonds. The van der Waals surface area contributed by atoms with E-state index >= 15 is 0 Å². The van der Waals surface area contributed by atoms with E-state index in [9.17, 15) is 22.8 Å². The molecule has 0 fully saturated rings. The van der Waals surface area contributed by atoms with E-state index in [2.05, 4.69) is 4.74 Å². The average molecular weight is 227 g/mol. The highest BCUT2D eigenvalue weighted by Gasteiger charge is 2.47. The van der Waals surface area contributed by atoms with Crippen molar-refractivity contribution in [2.45, 2.75) is 38.5 Å². The molecule has 0 aromatic rings. The standard InChI is InChI=1S/C8H12F3NO3/c1-3-7(4-2,5(12)13)15-6(14)8(9,10)11/h3-4H2,1-2H3,(H2,12,13). The number of esters is 1. The molecule has 0 unspecified atom stereocenters. The fourth-order valence-corrected chi connectivity index (χ4v) is 1.03. The number of rotatable bonds is 4. The summed E-state index contributed by atoms with van der Waals surface area (Å²) in [5, 5.41) is 0. The smallest absolute Gasteiger partial charge is 0.442 e. The van der Waals surface area contributed by atoms with Gasteiger partial charge in [-0.2, -0.15) is 13.2 Å². The van der Waals surface area contributed by atoms with Gasteiger partial charge < -0.3 is 10.5 Å². The van der Waals surface area contributed by atoms with E-state index in [1.807, 2.05) is 0 Å². The van der Waals surface area contributed by atoms with Crippen molar-refractivity contribution in [2.24, 2.45) is 5.73 Å². The summed E-state index contributed by atoms with van der Waals surface area (Å²) >= 11 is 0. The number of alkyl halides is 3. The molecule has 0 aromatic heterocycles. The molecule has 0 saturated carbocycles. The van der Waals surface area contributed by atoms with Crippen LogP contribution in [0.4, 0.5) is 13.2 Å². The lowest BCUT2D eigenvalue weighted by atomic mass is 9.96. The molecule has 0 aliphatic carbocycles. The molecule has 88 valence electrons. The van der Waals surface area contributed by atoms with Gasteiger partial charge in [0.25, 0.3) is 5.91 Å². The minimum Gasteiger partial charge on any atom is -0.442 e. The summed E-state index contributed by atoms with van der Waals surface area (Å²) in [5.74, 6) is -3.48. The zero-order valence-corrected chi connectivity index (χ0v) is 8.35. The molecule has 0 bridgehead atoms. The first-order valence-corrected chi connectivity index (χ1v) is 4.29. The van der Waals surface area contributed by atoms with Crippen LogP contribution < -0.4 is 5.73 Å². The molecular formula is C8H12F3NO3. The number of ether oxygens (including phenoxy) is 1. The molecule has 0 spiro atoms. The molecule has 7 heteroatoms. The monoisotopic (exact) mass is 227 g/mol. The molecule has 0 radical (unpaired) electrons. The van der Waals surface area contributed by atoms with Gasteiger partial charge in [0.15, 0.2) is 5.60 Å². The summed E-state index contributed by atoms with van der Waals surface area (Å²) in [5.41, 5.74) is 3.03. The number of amides is 1. The second-order valence-electron chi connectivity index (χ2n) is 2.95. The Morgan fingerprint density at radius 2 is 1.60 bits per heavy atom. The molecule has 0 saturated heterocycles. The van der Waals surface area contributed by atoms with Crippen LogP contribution >= 0.6 is 0 Å². The average Bonchev–Trinajstić information content (AvgIpc) is 2.11. The summed E-state index contributed by atoms with van der Waals surface area (Å²) in [6.07, 6.45) is -5.31. The molecule has 0 aliphatic rings. The largest absolute Gasteiger partial charge is 0.490 e. The molecule has 0 rings (SSSR count). The lowest BCUT2D eigenvalue weighted by Gasteiger charge is -2.28. The van der Waals surface area contributed by atoms with E-state index in [0.29, 0.717) is 0 Å². The van der Waals surface area contributed by atoms with E-state index in [0.717, 1.165) is 0 Å². The van der Waals surface area contributed by atoms with Gasteiger partial charge in [0.05, 0.1) is 0 Å². The first kappa shape index (κ1) is 13.7. The second kappa shape index (κ2) is 4.50. The first-order chi connectivity index (χ1) is 6.69. The maximum Gasteiger partial charge on any atom is 0.490 e. The summed E-state index contributed by atoms with van der Waals surface area (Å²) in [6.45, 7) is 2.83. The molecule has 2 N–H and O–H groups in total. The Balaban J connectivity index is 4.85. The van der Waals surface area contributed by atoms with E-state index in [4.69, 9.17) is 5.73 Å². The zero-order chi connectivity index (χ0) is 12.3. The molecule has 4 nitrogen and oxygen atoms in total. The van der Waals surface area contributed by atoms with Crippen LogP contribution in [0.2, 0.25) is 0 Å². The number of primary amides is 1. The van der Waals surface area contributed by atoms with Gasteiger partial charge in [0.2, 0.25) is 0 Å². The minimum atomic E-state index is -5.12. The minimum absolute atomic E-state index is 0.0966. The van der Waals surface area contributed by atoms with Crippen LogP contribution in [0.1, 0.15) is 26.7 Å². The van der Waals surface area contributed by atoms with Crippen molar-refractivity contribution in [3.8, 4) is 0 Å². The van der Waals surface area contributed by atoms with Gasteiger partial charge in [-0.25, -0.2) is 4.79 Å². The number of nitrogens with two attached hydrogens (primary N) is 1. The predicted octanol–water partition coefficient (Wildman–Crippen LogP) is 1.14. The Morgan fingerprint density at radius 3 is 1.80 bits per heavy atom. The molecule has 0 aliphatic heterocycles. The predicted molar refractivity (Wildman–Crippen MR) is 44.7 cm³/mol. The van der Waals surface area contributed by atoms with Gasteiger partial charge in [0, 0.05) is 0 Å². The quantitative estimate of drug-likeness (QED) is 0.732. The Bertz CT molecular complexity index is 258. The fourth-order valence-electron chi connectivity index (χ4n) is 1.03. The lowest BCUT2D eigenvalue weighted by molar-refractivity contribution is -0.214. The number of carbonyl (C=O) groups excluding carboxylic acids is 2. The number of hydrogen-bond acceptors (Lipinski definition) is 3. The van der Waals surface area contributed by atoms with Crippen LogP contribution in [0.15, 0.2) is 0 Å². The maximum absolute atomic E-state index is 11.9. The molecule has 0 aromatic carbocycles. The van der Waals surface area contributed by atoms with Crippen molar-refractivity contribution in [3.63, 3.8) is 0 Å². The molecular weight excluding hydrogens is 215 g/mol. The fraction of sp³-hybridized carbons (Fsp3) is 0.750. The summed E-state index contributed by atoms with van der Waals surface area (Å²) in [4.78, 5) is 21.5. The van der Waals surface area contributed by atoms with E-state index < -0.39 is 23.7 Å². The van der Waals surface area contributed by atoms with Crippen LogP contribution in [0.25, 0.3) is 0 Å². The van der Waals surface area contributed by atoms with Crippen molar-refractivity contribution in [1.82, 2.24) is 0 Å². The number of halogens is 3. The molecule has 15 heavy (non-hydrogen) atoms. The maximum atomic E-state index is 11.9. The number of carbonyl (C=O) groups is 2. The van der Waals surface area contributed by atoms with E-state index in [-0.39, 0.29) is 12.8 Å². The van der Waals surface area contributed by atoms with Gasteiger partial charge in [-0.1, -0.05) is 13.8 Å². The van der Waals surface area contributed by atoms with E-state index in [1.165, 1.54) is 13.8 Å². The van der Waals surface area contributed by atoms with Crippen molar-refractivity contribution in [3.05, 3.63) is 0 Å². The normalized spacial score (nSPS) is 12.3. The number of hydrogen-bond donors (Lipinski definition) is 1.